The minimum atomic E-state index is -2.87. The minimum Gasteiger partial charge on any atom is -0.356 e. The van der Waals surface area contributed by atoms with Crippen molar-refractivity contribution < 1.29 is 8.42 Å². The van der Waals surface area contributed by atoms with E-state index in [2.05, 4.69) is 20.6 Å². The number of aliphatic imine (C=N–C) groups is 1. The third kappa shape index (κ3) is 4.67. The topological polar surface area (TPSA) is 83.4 Å². The Hall–Kier alpha value is -1.15. The number of guanidine groups is 1. The van der Waals surface area contributed by atoms with E-state index in [1.54, 1.807) is 18.4 Å². The average molecular weight is 330 g/mol. The Kier molecular flexibility index (Phi) is 5.21. The van der Waals surface area contributed by atoms with E-state index >= 15 is 0 Å². The Morgan fingerprint density at radius 3 is 2.76 bits per heavy atom. The molecular weight excluding hydrogens is 308 g/mol. The zero-order chi connectivity index (χ0) is 15.5. The van der Waals surface area contributed by atoms with Crippen molar-refractivity contribution in [3.05, 3.63) is 15.6 Å². The highest BCUT2D eigenvalue weighted by Crippen LogP contribution is 2.17. The maximum Gasteiger partial charge on any atom is 0.191 e. The molecule has 1 saturated heterocycles. The zero-order valence-corrected chi connectivity index (χ0v) is 14.3. The fraction of sp³-hybridized carbons (Fsp3) is 0.692. The van der Waals surface area contributed by atoms with Crippen LogP contribution in [0.3, 0.4) is 0 Å². The van der Waals surface area contributed by atoms with Crippen molar-refractivity contribution in [2.24, 2.45) is 4.99 Å². The van der Waals surface area contributed by atoms with E-state index in [9.17, 15) is 8.42 Å². The second kappa shape index (κ2) is 6.74. The zero-order valence-electron chi connectivity index (χ0n) is 12.6. The molecule has 2 heterocycles. The molecule has 118 valence electrons. The van der Waals surface area contributed by atoms with E-state index in [1.807, 2.05) is 13.8 Å². The quantitative estimate of drug-likeness (QED) is 0.626. The summed E-state index contributed by atoms with van der Waals surface area (Å²) in [6.45, 7) is 4.78. The average Bonchev–Trinajstić information content (AvgIpc) is 2.90. The van der Waals surface area contributed by atoms with Crippen LogP contribution in [0.4, 0.5) is 0 Å². The van der Waals surface area contributed by atoms with Crippen molar-refractivity contribution in [2.45, 2.75) is 32.7 Å². The van der Waals surface area contributed by atoms with Gasteiger partial charge in [0.25, 0.3) is 0 Å². The van der Waals surface area contributed by atoms with Crippen molar-refractivity contribution in [2.75, 3.05) is 25.1 Å². The first-order valence-corrected chi connectivity index (χ1v) is 9.64. The first-order valence-electron chi connectivity index (χ1n) is 7.00. The maximum absolute atomic E-state index is 11.4. The highest BCUT2D eigenvalue weighted by Gasteiger charge is 2.28. The van der Waals surface area contributed by atoms with Crippen LogP contribution in [-0.4, -0.2) is 50.5 Å². The smallest absolute Gasteiger partial charge is 0.191 e. The second-order valence-corrected chi connectivity index (χ2v) is 8.75. The molecule has 1 fully saturated rings. The van der Waals surface area contributed by atoms with Gasteiger partial charge in [-0.15, -0.1) is 11.3 Å². The van der Waals surface area contributed by atoms with E-state index in [0.29, 0.717) is 12.4 Å². The standard InChI is InChI=1S/C13H22N4O2S2/c1-9-12(20-10(2)16-9)4-6-15-13(14-3)17-11-5-7-21(18,19)8-11/h11H,4-8H2,1-3H3,(H2,14,15,17). The number of sulfone groups is 1. The van der Waals surface area contributed by atoms with E-state index in [-0.39, 0.29) is 17.5 Å². The molecule has 6 nitrogen and oxygen atoms in total. The van der Waals surface area contributed by atoms with Crippen LogP contribution in [0.5, 0.6) is 0 Å². The Balaban J connectivity index is 1.80. The molecule has 0 bridgehead atoms. The molecule has 0 aliphatic carbocycles. The van der Waals surface area contributed by atoms with Crippen LogP contribution in [0.2, 0.25) is 0 Å². The van der Waals surface area contributed by atoms with Gasteiger partial charge in [0.15, 0.2) is 15.8 Å². The highest BCUT2D eigenvalue weighted by atomic mass is 32.2. The molecule has 1 unspecified atom stereocenters. The number of aromatic nitrogens is 1. The van der Waals surface area contributed by atoms with E-state index in [1.165, 1.54) is 4.88 Å². The van der Waals surface area contributed by atoms with Gasteiger partial charge in [-0.05, 0) is 20.3 Å². The van der Waals surface area contributed by atoms with Crippen LogP contribution in [-0.2, 0) is 16.3 Å². The van der Waals surface area contributed by atoms with E-state index in [0.717, 1.165) is 23.7 Å². The van der Waals surface area contributed by atoms with Crippen LogP contribution in [0.25, 0.3) is 0 Å². The van der Waals surface area contributed by atoms with Gasteiger partial charge in [0.1, 0.15) is 0 Å². The van der Waals surface area contributed by atoms with Gasteiger partial charge in [-0.2, -0.15) is 0 Å². The summed E-state index contributed by atoms with van der Waals surface area (Å²) in [6, 6.07) is -0.0337. The molecule has 0 spiro atoms. The molecule has 2 rings (SSSR count). The Labute approximate surface area is 130 Å². The van der Waals surface area contributed by atoms with Gasteiger partial charge in [-0.25, -0.2) is 13.4 Å². The maximum atomic E-state index is 11.4. The van der Waals surface area contributed by atoms with Crippen molar-refractivity contribution in [1.82, 2.24) is 15.6 Å². The fourth-order valence-electron chi connectivity index (χ4n) is 2.40. The molecule has 2 N–H and O–H groups in total. The molecule has 0 saturated carbocycles. The van der Waals surface area contributed by atoms with Crippen molar-refractivity contribution in [1.29, 1.82) is 0 Å². The number of hydrogen-bond donors (Lipinski definition) is 2. The van der Waals surface area contributed by atoms with E-state index < -0.39 is 9.84 Å². The van der Waals surface area contributed by atoms with Crippen LogP contribution < -0.4 is 10.6 Å². The Bertz CT molecular complexity index is 622. The SMILES string of the molecule is CN=C(NCCc1sc(C)nc1C)NC1CCS(=O)(=O)C1. The number of rotatable bonds is 4. The summed E-state index contributed by atoms with van der Waals surface area (Å²) in [5.41, 5.74) is 1.09. The highest BCUT2D eigenvalue weighted by molar-refractivity contribution is 7.91. The van der Waals surface area contributed by atoms with Gasteiger partial charge in [0.2, 0.25) is 0 Å². The summed E-state index contributed by atoms with van der Waals surface area (Å²) >= 11 is 1.72. The van der Waals surface area contributed by atoms with Gasteiger partial charge in [0, 0.05) is 30.9 Å². The van der Waals surface area contributed by atoms with Gasteiger partial charge in [-0.1, -0.05) is 0 Å². The lowest BCUT2D eigenvalue weighted by molar-refractivity contribution is 0.599. The molecule has 1 aliphatic heterocycles. The summed E-state index contributed by atoms with van der Waals surface area (Å²) < 4.78 is 22.9. The third-order valence-electron chi connectivity index (χ3n) is 3.44. The lowest BCUT2D eigenvalue weighted by Gasteiger charge is -2.15. The number of hydrogen-bond acceptors (Lipinski definition) is 5. The minimum absolute atomic E-state index is 0.0337. The van der Waals surface area contributed by atoms with Gasteiger partial charge in [0.05, 0.1) is 22.2 Å². The molecule has 0 radical (unpaired) electrons. The monoisotopic (exact) mass is 330 g/mol. The summed E-state index contributed by atoms with van der Waals surface area (Å²) in [6.07, 6.45) is 1.54. The molecule has 0 amide bonds. The first kappa shape index (κ1) is 16.2. The van der Waals surface area contributed by atoms with Crippen molar-refractivity contribution in [3.8, 4) is 0 Å². The summed E-state index contributed by atoms with van der Waals surface area (Å²) in [5, 5.41) is 7.49. The third-order valence-corrected chi connectivity index (χ3v) is 6.34. The molecule has 1 aromatic heterocycles. The van der Waals surface area contributed by atoms with E-state index in [4.69, 9.17) is 0 Å². The number of aryl methyl sites for hydroxylation is 2. The Morgan fingerprint density at radius 1 is 1.48 bits per heavy atom. The van der Waals surface area contributed by atoms with Gasteiger partial charge < -0.3 is 10.6 Å². The van der Waals surface area contributed by atoms with Crippen LogP contribution >= 0.6 is 11.3 Å². The van der Waals surface area contributed by atoms with Crippen LogP contribution in [0.1, 0.15) is 22.0 Å². The number of thiazole rings is 1. The predicted octanol–water partition coefficient (Wildman–Crippen LogP) is 0.655. The Morgan fingerprint density at radius 2 is 2.24 bits per heavy atom. The summed E-state index contributed by atoms with van der Waals surface area (Å²) in [5.74, 6) is 1.12. The molecule has 1 aromatic rings. The number of nitrogens with zero attached hydrogens (tertiary/aromatic N) is 2. The molecule has 21 heavy (non-hydrogen) atoms. The van der Waals surface area contributed by atoms with Gasteiger partial charge >= 0.3 is 0 Å². The summed E-state index contributed by atoms with van der Waals surface area (Å²) in [7, 11) is -1.17. The largest absolute Gasteiger partial charge is 0.356 e. The van der Waals surface area contributed by atoms with Crippen molar-refractivity contribution >= 4 is 27.1 Å². The van der Waals surface area contributed by atoms with Gasteiger partial charge in [-0.3, -0.25) is 4.99 Å². The van der Waals surface area contributed by atoms with Crippen LogP contribution in [0.15, 0.2) is 4.99 Å². The molecule has 0 aromatic carbocycles. The lowest BCUT2D eigenvalue weighted by atomic mass is 10.3. The molecule has 1 aliphatic rings. The normalized spacial score (nSPS) is 21.5. The van der Waals surface area contributed by atoms with Crippen LogP contribution in [0, 0.1) is 13.8 Å². The lowest BCUT2D eigenvalue weighted by Crippen LogP contribution is -2.44. The fourth-order valence-corrected chi connectivity index (χ4v) is 5.01. The molecule has 8 heteroatoms. The predicted molar refractivity (Wildman–Crippen MR) is 86.8 cm³/mol. The summed E-state index contributed by atoms with van der Waals surface area (Å²) in [4.78, 5) is 9.83. The molecule has 1 atom stereocenters. The molecular formula is C13H22N4O2S2. The van der Waals surface area contributed by atoms with Crippen molar-refractivity contribution in [3.63, 3.8) is 0 Å². The second-order valence-electron chi connectivity index (χ2n) is 5.23. The number of nitrogens with one attached hydrogen (secondary N) is 2. The first-order chi connectivity index (χ1) is 9.89.